The lowest BCUT2D eigenvalue weighted by molar-refractivity contribution is -0.142. The highest BCUT2D eigenvalue weighted by molar-refractivity contribution is 7.11. The molecule has 1 aliphatic heterocycles. The van der Waals surface area contributed by atoms with Crippen molar-refractivity contribution in [3.63, 3.8) is 0 Å². The summed E-state index contributed by atoms with van der Waals surface area (Å²) in [7, 11) is 0. The number of hydrogen-bond donors (Lipinski definition) is 2. The lowest BCUT2D eigenvalue weighted by atomic mass is 9.90. The third-order valence-electron chi connectivity index (χ3n) is 7.01. The minimum atomic E-state index is -0.409. The standard InChI is InChI=1S/C25H36N4O2S2/c1-17-5-10-23(33-17)16-28(15-22-4-3-13-32-22)21-11-12-29(18(2)30)24(14-21)25(31)27-20-8-6-19(26)7-9-20/h3-5,10,13,19-21,24H,6-9,11-12,14-16,26H2,1-2H3,(H,27,31)/t19?,20?,21?,24-/m1/s1. The van der Waals surface area contributed by atoms with Gasteiger partial charge in [-0.15, -0.1) is 22.7 Å². The Bertz CT molecular complexity index is 921. The molecule has 8 heteroatoms. The molecule has 6 nitrogen and oxygen atoms in total. The molecular formula is C25H36N4O2S2. The molecule has 33 heavy (non-hydrogen) atoms. The maximum Gasteiger partial charge on any atom is 0.243 e. The summed E-state index contributed by atoms with van der Waals surface area (Å²) in [4.78, 5) is 34.0. The van der Waals surface area contributed by atoms with Gasteiger partial charge in [-0.05, 0) is 69.0 Å². The second-order valence-electron chi connectivity index (χ2n) is 9.52. The summed E-state index contributed by atoms with van der Waals surface area (Å²) in [6.45, 7) is 6.09. The Morgan fingerprint density at radius 2 is 1.88 bits per heavy atom. The largest absolute Gasteiger partial charge is 0.352 e. The van der Waals surface area contributed by atoms with Crippen molar-refractivity contribution >= 4 is 34.5 Å². The molecule has 3 heterocycles. The van der Waals surface area contributed by atoms with E-state index in [4.69, 9.17) is 5.73 Å². The van der Waals surface area contributed by atoms with E-state index in [2.05, 4.69) is 46.8 Å². The summed E-state index contributed by atoms with van der Waals surface area (Å²) in [6, 6.07) is 8.92. The predicted octanol–water partition coefficient (Wildman–Crippen LogP) is 3.89. The summed E-state index contributed by atoms with van der Waals surface area (Å²) in [5.74, 6) is -0.0173. The van der Waals surface area contributed by atoms with Crippen LogP contribution in [0.1, 0.15) is 60.1 Å². The number of likely N-dealkylation sites (tertiary alicyclic amines) is 1. The van der Waals surface area contributed by atoms with Gasteiger partial charge in [-0.1, -0.05) is 6.07 Å². The minimum absolute atomic E-state index is 0.00147. The van der Waals surface area contributed by atoms with Crippen molar-refractivity contribution in [2.45, 2.75) is 89.6 Å². The highest BCUT2D eigenvalue weighted by Crippen LogP contribution is 2.29. The molecule has 2 fully saturated rings. The van der Waals surface area contributed by atoms with E-state index in [0.717, 1.165) is 45.2 Å². The average molecular weight is 489 g/mol. The zero-order valence-corrected chi connectivity index (χ0v) is 21.3. The molecule has 2 amide bonds. The van der Waals surface area contributed by atoms with E-state index < -0.39 is 6.04 Å². The Morgan fingerprint density at radius 3 is 2.52 bits per heavy atom. The maximum absolute atomic E-state index is 13.4. The second kappa shape index (κ2) is 11.1. The van der Waals surface area contributed by atoms with Crippen LogP contribution in [0.5, 0.6) is 0 Å². The van der Waals surface area contributed by atoms with Gasteiger partial charge in [-0.2, -0.15) is 0 Å². The van der Waals surface area contributed by atoms with Gasteiger partial charge in [0.15, 0.2) is 0 Å². The van der Waals surface area contributed by atoms with Gasteiger partial charge in [0.1, 0.15) is 6.04 Å². The molecule has 2 atom stereocenters. The highest BCUT2D eigenvalue weighted by atomic mass is 32.1. The summed E-state index contributed by atoms with van der Waals surface area (Å²) in [5.41, 5.74) is 6.03. The van der Waals surface area contributed by atoms with Gasteiger partial charge >= 0.3 is 0 Å². The maximum atomic E-state index is 13.4. The fraction of sp³-hybridized carbons (Fsp3) is 0.600. The first-order chi connectivity index (χ1) is 15.9. The van der Waals surface area contributed by atoms with E-state index in [1.807, 2.05) is 11.3 Å². The van der Waals surface area contributed by atoms with Crippen LogP contribution in [0.15, 0.2) is 29.6 Å². The molecule has 1 unspecified atom stereocenters. The minimum Gasteiger partial charge on any atom is -0.352 e. The highest BCUT2D eigenvalue weighted by Gasteiger charge is 2.38. The van der Waals surface area contributed by atoms with E-state index in [1.165, 1.54) is 14.6 Å². The number of thiophene rings is 2. The smallest absolute Gasteiger partial charge is 0.243 e. The second-order valence-corrected chi connectivity index (χ2v) is 11.9. The molecule has 180 valence electrons. The van der Waals surface area contributed by atoms with Crippen molar-refractivity contribution in [2.75, 3.05) is 6.54 Å². The van der Waals surface area contributed by atoms with Crippen LogP contribution >= 0.6 is 22.7 Å². The predicted molar refractivity (Wildman–Crippen MR) is 135 cm³/mol. The molecule has 2 aliphatic rings. The van der Waals surface area contributed by atoms with Crippen molar-refractivity contribution in [2.24, 2.45) is 5.73 Å². The van der Waals surface area contributed by atoms with Gasteiger partial charge in [0.25, 0.3) is 0 Å². The molecule has 3 N–H and O–H groups in total. The monoisotopic (exact) mass is 488 g/mol. The fourth-order valence-electron chi connectivity index (χ4n) is 5.15. The number of piperidine rings is 1. The molecule has 2 aromatic rings. The Kier molecular flexibility index (Phi) is 8.22. The molecule has 1 saturated heterocycles. The van der Waals surface area contributed by atoms with Gasteiger partial charge in [0, 0.05) is 59.3 Å². The summed E-state index contributed by atoms with van der Waals surface area (Å²) < 4.78 is 0. The van der Waals surface area contributed by atoms with Crippen LogP contribution in [0.4, 0.5) is 0 Å². The SMILES string of the molecule is CC(=O)N1CCC(N(Cc2cccs2)Cc2ccc(C)s2)C[C@@H]1C(=O)NC1CCC(N)CC1. The van der Waals surface area contributed by atoms with E-state index in [9.17, 15) is 9.59 Å². The molecule has 0 radical (unpaired) electrons. The molecule has 0 bridgehead atoms. The van der Waals surface area contributed by atoms with E-state index in [-0.39, 0.29) is 29.9 Å². The molecule has 4 rings (SSSR count). The fourth-order valence-corrected chi connectivity index (χ4v) is 6.80. The van der Waals surface area contributed by atoms with Crippen molar-refractivity contribution < 1.29 is 9.59 Å². The number of amides is 2. The summed E-state index contributed by atoms with van der Waals surface area (Å²) in [5, 5.41) is 5.37. The van der Waals surface area contributed by atoms with Crippen molar-refractivity contribution in [1.29, 1.82) is 0 Å². The number of nitrogens with zero attached hydrogens (tertiary/aromatic N) is 2. The molecule has 2 aromatic heterocycles. The third kappa shape index (κ3) is 6.44. The number of nitrogens with one attached hydrogen (secondary N) is 1. The van der Waals surface area contributed by atoms with Crippen molar-refractivity contribution in [3.8, 4) is 0 Å². The van der Waals surface area contributed by atoms with Crippen molar-refractivity contribution in [1.82, 2.24) is 15.1 Å². The van der Waals surface area contributed by atoms with Crippen LogP contribution in [-0.2, 0) is 22.7 Å². The first-order valence-corrected chi connectivity index (χ1v) is 13.7. The molecule has 0 aromatic carbocycles. The Hall–Kier alpha value is -1.74. The topological polar surface area (TPSA) is 78.7 Å². The molecule has 1 aliphatic carbocycles. The van der Waals surface area contributed by atoms with Crippen LogP contribution in [0.25, 0.3) is 0 Å². The molecule has 1 saturated carbocycles. The number of nitrogens with two attached hydrogens (primary N) is 1. The van der Waals surface area contributed by atoms with Gasteiger partial charge in [0.05, 0.1) is 0 Å². The molecule has 0 spiro atoms. The Balaban J connectivity index is 1.48. The zero-order chi connectivity index (χ0) is 23.4. The van der Waals surface area contributed by atoms with Gasteiger partial charge in [0.2, 0.25) is 11.8 Å². The quantitative estimate of drug-likeness (QED) is 0.620. The van der Waals surface area contributed by atoms with Gasteiger partial charge in [-0.3, -0.25) is 14.5 Å². The summed E-state index contributed by atoms with van der Waals surface area (Å²) >= 11 is 3.61. The summed E-state index contributed by atoms with van der Waals surface area (Å²) in [6.07, 6.45) is 5.30. The van der Waals surface area contributed by atoms with Crippen LogP contribution < -0.4 is 11.1 Å². The lowest BCUT2D eigenvalue weighted by Crippen LogP contribution is -2.58. The van der Waals surface area contributed by atoms with Gasteiger partial charge in [-0.25, -0.2) is 0 Å². The molecular weight excluding hydrogens is 452 g/mol. The van der Waals surface area contributed by atoms with E-state index in [0.29, 0.717) is 13.0 Å². The van der Waals surface area contributed by atoms with Crippen LogP contribution in [0.3, 0.4) is 0 Å². The zero-order valence-electron chi connectivity index (χ0n) is 19.7. The third-order valence-corrected chi connectivity index (χ3v) is 8.86. The number of aryl methyl sites for hydroxylation is 1. The number of hydrogen-bond acceptors (Lipinski definition) is 6. The average Bonchev–Trinajstić information content (AvgIpc) is 3.46. The Morgan fingerprint density at radius 1 is 1.12 bits per heavy atom. The lowest BCUT2D eigenvalue weighted by Gasteiger charge is -2.43. The normalized spacial score (nSPS) is 25.9. The van der Waals surface area contributed by atoms with Crippen LogP contribution in [0.2, 0.25) is 0 Å². The number of carbonyl (C=O) groups is 2. The number of rotatable bonds is 7. The van der Waals surface area contributed by atoms with Gasteiger partial charge < -0.3 is 16.0 Å². The van der Waals surface area contributed by atoms with E-state index in [1.54, 1.807) is 23.2 Å². The number of carbonyl (C=O) groups excluding carboxylic acids is 2. The first kappa shape index (κ1) is 24.4. The Labute approximate surface area is 205 Å². The first-order valence-electron chi connectivity index (χ1n) is 12.0. The van der Waals surface area contributed by atoms with E-state index >= 15 is 0 Å². The van der Waals surface area contributed by atoms with Crippen molar-refractivity contribution in [3.05, 3.63) is 44.3 Å². The van der Waals surface area contributed by atoms with Crippen LogP contribution in [-0.4, -0.2) is 52.3 Å². The van der Waals surface area contributed by atoms with Crippen LogP contribution in [0, 0.1) is 6.92 Å².